The first-order valence-corrected chi connectivity index (χ1v) is 7.73. The van der Waals surface area contributed by atoms with Gasteiger partial charge in [0.15, 0.2) is 0 Å². The second-order valence-corrected chi connectivity index (χ2v) is 6.94. The Balaban J connectivity index is 2.55. The SMILES string of the molecule is CC(C)CNS(=O)(=O)NCC1(C(=O)O)CCCC1. The van der Waals surface area contributed by atoms with Crippen LogP contribution >= 0.6 is 0 Å². The van der Waals surface area contributed by atoms with Crippen LogP contribution in [0.3, 0.4) is 0 Å². The van der Waals surface area contributed by atoms with E-state index in [2.05, 4.69) is 9.44 Å². The van der Waals surface area contributed by atoms with Gasteiger partial charge in [-0.3, -0.25) is 4.79 Å². The lowest BCUT2D eigenvalue weighted by Crippen LogP contribution is -2.46. The lowest BCUT2D eigenvalue weighted by molar-refractivity contribution is -0.148. The largest absolute Gasteiger partial charge is 0.481 e. The third kappa shape index (κ3) is 4.22. The van der Waals surface area contributed by atoms with Crippen molar-refractivity contribution in [2.75, 3.05) is 13.1 Å². The lowest BCUT2D eigenvalue weighted by Gasteiger charge is -2.24. The van der Waals surface area contributed by atoms with E-state index in [1.165, 1.54) is 0 Å². The maximum absolute atomic E-state index is 11.6. The van der Waals surface area contributed by atoms with E-state index >= 15 is 0 Å². The Bertz CT molecular complexity index is 386. The fraction of sp³-hybridized carbons (Fsp3) is 0.909. The van der Waals surface area contributed by atoms with Crippen LogP contribution < -0.4 is 9.44 Å². The number of aliphatic carboxylic acids is 1. The second kappa shape index (κ2) is 5.99. The van der Waals surface area contributed by atoms with Gasteiger partial charge in [0, 0.05) is 13.1 Å². The number of hydrogen-bond donors (Lipinski definition) is 3. The Morgan fingerprint density at radius 1 is 1.28 bits per heavy atom. The molecule has 1 fully saturated rings. The van der Waals surface area contributed by atoms with E-state index in [0.717, 1.165) is 12.8 Å². The molecule has 0 aliphatic heterocycles. The highest BCUT2D eigenvalue weighted by Gasteiger charge is 2.41. The standard InChI is InChI=1S/C11H22N2O4S/c1-9(2)7-12-18(16,17)13-8-11(10(14)15)5-3-4-6-11/h9,12-13H,3-8H2,1-2H3,(H,14,15). The first-order chi connectivity index (χ1) is 8.27. The topological polar surface area (TPSA) is 95.5 Å². The number of carboxylic acids is 1. The molecule has 0 saturated heterocycles. The highest BCUT2D eigenvalue weighted by atomic mass is 32.2. The van der Waals surface area contributed by atoms with Crippen molar-refractivity contribution in [3.63, 3.8) is 0 Å². The molecule has 0 bridgehead atoms. The molecule has 0 spiro atoms. The first-order valence-electron chi connectivity index (χ1n) is 6.25. The van der Waals surface area contributed by atoms with Crippen LogP contribution in [0, 0.1) is 11.3 Å². The molecule has 1 aliphatic rings. The van der Waals surface area contributed by atoms with Gasteiger partial charge in [0.2, 0.25) is 0 Å². The normalized spacial score (nSPS) is 19.3. The summed E-state index contributed by atoms with van der Waals surface area (Å²) in [5.74, 6) is -0.701. The summed E-state index contributed by atoms with van der Waals surface area (Å²) in [5.41, 5.74) is -0.924. The minimum atomic E-state index is -3.60. The molecule has 3 N–H and O–H groups in total. The van der Waals surface area contributed by atoms with E-state index in [1.54, 1.807) is 0 Å². The minimum Gasteiger partial charge on any atom is -0.481 e. The molecule has 6 nitrogen and oxygen atoms in total. The van der Waals surface area contributed by atoms with E-state index in [9.17, 15) is 18.3 Å². The zero-order valence-electron chi connectivity index (χ0n) is 10.9. The summed E-state index contributed by atoms with van der Waals surface area (Å²) in [7, 11) is -3.60. The highest BCUT2D eigenvalue weighted by molar-refractivity contribution is 7.87. The molecule has 1 rings (SSSR count). The van der Waals surface area contributed by atoms with Gasteiger partial charge in [0.1, 0.15) is 0 Å². The quantitative estimate of drug-likeness (QED) is 0.639. The summed E-state index contributed by atoms with van der Waals surface area (Å²) in [6.45, 7) is 4.11. The smallest absolute Gasteiger partial charge is 0.310 e. The van der Waals surface area contributed by atoms with Crippen LogP contribution in [0.5, 0.6) is 0 Å². The molecular formula is C11H22N2O4S. The summed E-state index contributed by atoms with van der Waals surface area (Å²) in [5, 5.41) is 9.22. The molecule has 0 amide bonds. The Hall–Kier alpha value is -0.660. The van der Waals surface area contributed by atoms with Crippen LogP contribution in [-0.4, -0.2) is 32.6 Å². The molecular weight excluding hydrogens is 256 g/mol. The molecule has 0 aromatic carbocycles. The average Bonchev–Trinajstić information content (AvgIpc) is 2.74. The molecule has 1 saturated carbocycles. The molecule has 0 unspecified atom stereocenters. The maximum Gasteiger partial charge on any atom is 0.310 e. The summed E-state index contributed by atoms with van der Waals surface area (Å²) in [6.07, 6.45) is 2.75. The molecule has 0 heterocycles. The number of carboxylic acid groups (broad SMARTS) is 1. The van der Waals surface area contributed by atoms with Crippen molar-refractivity contribution in [1.82, 2.24) is 9.44 Å². The third-order valence-electron chi connectivity index (χ3n) is 3.30. The second-order valence-electron chi connectivity index (χ2n) is 5.36. The maximum atomic E-state index is 11.6. The predicted molar refractivity (Wildman–Crippen MR) is 68.3 cm³/mol. The van der Waals surface area contributed by atoms with Gasteiger partial charge in [-0.05, 0) is 18.8 Å². The average molecular weight is 278 g/mol. The molecule has 0 atom stereocenters. The zero-order valence-corrected chi connectivity index (χ0v) is 11.7. The fourth-order valence-corrected chi connectivity index (χ4v) is 3.20. The van der Waals surface area contributed by atoms with Gasteiger partial charge in [0.05, 0.1) is 5.41 Å². The monoisotopic (exact) mass is 278 g/mol. The Kier molecular flexibility index (Phi) is 5.12. The first kappa shape index (κ1) is 15.4. The van der Waals surface area contributed by atoms with Crippen LogP contribution in [0.1, 0.15) is 39.5 Å². The van der Waals surface area contributed by atoms with Gasteiger partial charge >= 0.3 is 5.97 Å². The van der Waals surface area contributed by atoms with Crippen molar-refractivity contribution in [3.8, 4) is 0 Å². The highest BCUT2D eigenvalue weighted by Crippen LogP contribution is 2.37. The van der Waals surface area contributed by atoms with Crippen molar-refractivity contribution in [2.45, 2.75) is 39.5 Å². The van der Waals surface area contributed by atoms with Gasteiger partial charge in [-0.2, -0.15) is 8.42 Å². The molecule has 106 valence electrons. The van der Waals surface area contributed by atoms with Gasteiger partial charge < -0.3 is 5.11 Å². The van der Waals surface area contributed by atoms with Crippen LogP contribution in [-0.2, 0) is 15.0 Å². The van der Waals surface area contributed by atoms with Crippen molar-refractivity contribution in [3.05, 3.63) is 0 Å². The number of nitrogens with one attached hydrogen (secondary N) is 2. The van der Waals surface area contributed by atoms with E-state index < -0.39 is 21.6 Å². The van der Waals surface area contributed by atoms with Crippen molar-refractivity contribution in [2.24, 2.45) is 11.3 Å². The van der Waals surface area contributed by atoms with Gasteiger partial charge in [-0.25, -0.2) is 9.44 Å². The fourth-order valence-electron chi connectivity index (χ4n) is 2.08. The van der Waals surface area contributed by atoms with Crippen LogP contribution in [0.15, 0.2) is 0 Å². The van der Waals surface area contributed by atoms with E-state index in [-0.39, 0.29) is 12.5 Å². The van der Waals surface area contributed by atoms with Crippen LogP contribution in [0.4, 0.5) is 0 Å². The molecule has 0 aromatic heterocycles. The summed E-state index contributed by atoms with van der Waals surface area (Å²) in [6, 6.07) is 0. The predicted octanol–water partition coefficient (Wildman–Crippen LogP) is 0.711. The Morgan fingerprint density at radius 3 is 2.28 bits per heavy atom. The molecule has 1 aliphatic carbocycles. The Labute approximate surface area is 108 Å². The zero-order chi connectivity index (χ0) is 13.8. The van der Waals surface area contributed by atoms with E-state index in [0.29, 0.717) is 19.4 Å². The van der Waals surface area contributed by atoms with Crippen molar-refractivity contribution < 1.29 is 18.3 Å². The van der Waals surface area contributed by atoms with Crippen molar-refractivity contribution >= 4 is 16.2 Å². The van der Waals surface area contributed by atoms with Gasteiger partial charge in [-0.1, -0.05) is 26.7 Å². The molecule has 7 heteroatoms. The minimum absolute atomic E-state index is 0.0320. The summed E-state index contributed by atoms with van der Waals surface area (Å²) in [4.78, 5) is 11.3. The lowest BCUT2D eigenvalue weighted by atomic mass is 9.87. The van der Waals surface area contributed by atoms with Gasteiger partial charge in [0.25, 0.3) is 10.2 Å². The Morgan fingerprint density at radius 2 is 1.83 bits per heavy atom. The third-order valence-corrected chi connectivity index (χ3v) is 4.37. The summed E-state index contributed by atoms with van der Waals surface area (Å²) < 4.78 is 28.0. The van der Waals surface area contributed by atoms with Crippen LogP contribution in [0.25, 0.3) is 0 Å². The van der Waals surface area contributed by atoms with Gasteiger partial charge in [-0.15, -0.1) is 0 Å². The van der Waals surface area contributed by atoms with E-state index in [4.69, 9.17) is 0 Å². The molecule has 0 radical (unpaired) electrons. The number of rotatable bonds is 7. The number of hydrogen-bond acceptors (Lipinski definition) is 3. The molecule has 18 heavy (non-hydrogen) atoms. The summed E-state index contributed by atoms with van der Waals surface area (Å²) >= 11 is 0. The molecule has 0 aromatic rings. The van der Waals surface area contributed by atoms with E-state index in [1.807, 2.05) is 13.8 Å². The van der Waals surface area contributed by atoms with Crippen LogP contribution in [0.2, 0.25) is 0 Å². The number of carbonyl (C=O) groups is 1. The van der Waals surface area contributed by atoms with Crippen molar-refractivity contribution in [1.29, 1.82) is 0 Å².